The molecule has 0 atom stereocenters. The Morgan fingerprint density at radius 2 is 0.732 bits per heavy atom. The Morgan fingerprint density at radius 3 is 1.10 bits per heavy atom. The molecule has 41 heavy (non-hydrogen) atoms. The summed E-state index contributed by atoms with van der Waals surface area (Å²) >= 11 is 0. The smallest absolute Gasteiger partial charge is 0.243 e. The zero-order valence-corrected chi connectivity index (χ0v) is 24.6. The van der Waals surface area contributed by atoms with Gasteiger partial charge in [0.2, 0.25) is 6.33 Å². The first-order valence-electron chi connectivity index (χ1n) is 14.4. The van der Waals surface area contributed by atoms with Gasteiger partial charge >= 0.3 is 0 Å². The van der Waals surface area contributed by atoms with Gasteiger partial charge in [0, 0.05) is 0 Å². The van der Waals surface area contributed by atoms with E-state index >= 15 is 0 Å². The molecule has 1 aromatic heterocycles. The van der Waals surface area contributed by atoms with Crippen LogP contribution < -0.4 is 4.57 Å². The first-order valence-corrected chi connectivity index (χ1v) is 14.4. The SMILES string of the molecule is OCCOCCOCCOCCOCCOCCn1cc[n+](CCOCCOCCOCCOCCOCCO)c1. The van der Waals surface area contributed by atoms with Crippen molar-refractivity contribution in [1.82, 2.24) is 4.57 Å². The second-order valence-corrected chi connectivity index (χ2v) is 8.46. The summed E-state index contributed by atoms with van der Waals surface area (Å²) in [7, 11) is 0. The van der Waals surface area contributed by atoms with Crippen LogP contribution in [0.5, 0.6) is 0 Å². The molecule has 242 valence electrons. The van der Waals surface area contributed by atoms with E-state index in [0.717, 1.165) is 13.1 Å². The molecule has 0 aliphatic carbocycles. The van der Waals surface area contributed by atoms with E-state index in [1.165, 1.54) is 0 Å². The zero-order chi connectivity index (χ0) is 29.3. The van der Waals surface area contributed by atoms with Crippen molar-refractivity contribution in [3.05, 3.63) is 18.7 Å². The van der Waals surface area contributed by atoms with Crippen LogP contribution in [0.1, 0.15) is 0 Å². The van der Waals surface area contributed by atoms with Crippen molar-refractivity contribution >= 4 is 0 Å². The molecule has 0 aliphatic heterocycles. The molecule has 0 spiro atoms. The topological polar surface area (TPSA) is 142 Å². The lowest BCUT2D eigenvalue weighted by molar-refractivity contribution is -0.698. The number of nitrogens with zero attached hydrogens (tertiary/aromatic N) is 2. The molecule has 14 nitrogen and oxygen atoms in total. The maximum absolute atomic E-state index is 8.58. The zero-order valence-electron chi connectivity index (χ0n) is 24.6. The Bertz CT molecular complexity index is 591. The number of rotatable bonds is 34. The first-order chi connectivity index (χ1) is 20.4. The summed E-state index contributed by atoms with van der Waals surface area (Å²) < 4.78 is 58.1. The second kappa shape index (κ2) is 31.7. The molecule has 0 radical (unpaired) electrons. The average Bonchev–Trinajstić information content (AvgIpc) is 3.44. The highest BCUT2D eigenvalue weighted by atomic mass is 16.6. The molecular formula is C27H53N2O12+. The molecule has 0 aromatic carbocycles. The van der Waals surface area contributed by atoms with Gasteiger partial charge in [-0.1, -0.05) is 0 Å². The van der Waals surface area contributed by atoms with E-state index in [9.17, 15) is 0 Å². The fraction of sp³-hybridized carbons (Fsp3) is 0.889. The third-order valence-corrected chi connectivity index (χ3v) is 5.18. The number of hydrogen-bond donors (Lipinski definition) is 2. The fourth-order valence-electron chi connectivity index (χ4n) is 3.14. The van der Waals surface area contributed by atoms with Gasteiger partial charge in [-0.25, -0.2) is 9.13 Å². The lowest BCUT2D eigenvalue weighted by Gasteiger charge is -2.07. The molecule has 1 aromatic rings. The minimum absolute atomic E-state index is 0.0271. The van der Waals surface area contributed by atoms with Gasteiger partial charge in [-0.05, 0) is 0 Å². The summed E-state index contributed by atoms with van der Waals surface area (Å²) in [5, 5.41) is 17.2. The molecule has 0 unspecified atom stereocenters. The van der Waals surface area contributed by atoms with Crippen LogP contribution in [0.4, 0.5) is 0 Å². The standard InChI is InChI=1S/C27H53N2O12/c30-5-9-34-13-17-38-21-25-40-23-19-36-15-11-32-7-3-28-1-2-29(27-28)4-8-33-12-16-37-20-24-41-26-22-39-18-14-35-10-6-31/h1-2,27,30-31H,3-26H2/q+1. The summed E-state index contributed by atoms with van der Waals surface area (Å²) in [5.74, 6) is 0. The normalized spacial score (nSPS) is 11.6. The van der Waals surface area contributed by atoms with E-state index in [1.54, 1.807) is 0 Å². The molecule has 1 rings (SSSR count). The summed E-state index contributed by atoms with van der Waals surface area (Å²) in [6, 6.07) is 0. The van der Waals surface area contributed by atoms with Crippen LogP contribution >= 0.6 is 0 Å². The van der Waals surface area contributed by atoms with Gasteiger partial charge in [0.15, 0.2) is 0 Å². The van der Waals surface area contributed by atoms with E-state index in [1.807, 2.05) is 18.7 Å². The van der Waals surface area contributed by atoms with Crippen LogP contribution in [0.3, 0.4) is 0 Å². The van der Waals surface area contributed by atoms with Gasteiger partial charge < -0.3 is 57.6 Å². The average molecular weight is 598 g/mol. The van der Waals surface area contributed by atoms with Crippen LogP contribution in [-0.4, -0.2) is 160 Å². The molecule has 0 amide bonds. The molecule has 0 fully saturated rings. The van der Waals surface area contributed by atoms with Crippen LogP contribution in [0.2, 0.25) is 0 Å². The van der Waals surface area contributed by atoms with Gasteiger partial charge in [0.25, 0.3) is 0 Å². The van der Waals surface area contributed by atoms with Crippen molar-refractivity contribution in [2.24, 2.45) is 0 Å². The minimum Gasteiger partial charge on any atom is -0.394 e. The van der Waals surface area contributed by atoms with Crippen LogP contribution in [-0.2, 0) is 60.5 Å². The predicted molar refractivity (Wildman–Crippen MR) is 147 cm³/mol. The second-order valence-electron chi connectivity index (χ2n) is 8.46. The van der Waals surface area contributed by atoms with Gasteiger partial charge in [0.1, 0.15) is 25.5 Å². The van der Waals surface area contributed by atoms with E-state index in [0.29, 0.717) is 132 Å². The summed E-state index contributed by atoms with van der Waals surface area (Å²) in [5.41, 5.74) is 0. The van der Waals surface area contributed by atoms with Crippen LogP contribution in [0.25, 0.3) is 0 Å². The Balaban J connectivity index is 1.78. The Labute approximate surface area is 244 Å². The van der Waals surface area contributed by atoms with Crippen molar-refractivity contribution in [2.45, 2.75) is 13.1 Å². The molecule has 1 heterocycles. The highest BCUT2D eigenvalue weighted by molar-refractivity contribution is 4.65. The maximum Gasteiger partial charge on any atom is 0.243 e. The minimum atomic E-state index is 0.0271. The highest BCUT2D eigenvalue weighted by Crippen LogP contribution is 1.89. The van der Waals surface area contributed by atoms with E-state index in [4.69, 9.17) is 57.6 Å². The number of aliphatic hydroxyl groups excluding tert-OH is 2. The van der Waals surface area contributed by atoms with E-state index < -0.39 is 0 Å². The third kappa shape index (κ3) is 27.3. The van der Waals surface area contributed by atoms with Gasteiger partial charge in [-0.15, -0.1) is 0 Å². The number of ether oxygens (including phenoxy) is 10. The largest absolute Gasteiger partial charge is 0.394 e. The molecule has 2 N–H and O–H groups in total. The Hall–Kier alpha value is -1.27. The Morgan fingerprint density at radius 1 is 0.415 bits per heavy atom. The van der Waals surface area contributed by atoms with E-state index in [-0.39, 0.29) is 13.2 Å². The molecule has 0 aliphatic rings. The van der Waals surface area contributed by atoms with Crippen LogP contribution in [0.15, 0.2) is 18.7 Å². The summed E-state index contributed by atoms with van der Waals surface area (Å²) in [4.78, 5) is 0. The Kier molecular flexibility index (Phi) is 29.2. The van der Waals surface area contributed by atoms with Crippen molar-refractivity contribution in [2.75, 3.05) is 145 Å². The first kappa shape index (κ1) is 37.8. The molecule has 14 heteroatoms. The summed E-state index contributed by atoms with van der Waals surface area (Å²) in [6.45, 7) is 11.7. The predicted octanol–water partition coefficient (Wildman–Crippen LogP) is -1.07. The third-order valence-electron chi connectivity index (χ3n) is 5.18. The molecule has 0 saturated heterocycles. The molecule has 0 saturated carbocycles. The van der Waals surface area contributed by atoms with E-state index in [2.05, 4.69) is 9.13 Å². The quantitative estimate of drug-likeness (QED) is 0.0738. The molecule has 0 bridgehead atoms. The number of aromatic nitrogens is 2. The lowest BCUT2D eigenvalue weighted by atomic mass is 10.6. The lowest BCUT2D eigenvalue weighted by Crippen LogP contribution is -2.34. The fourth-order valence-corrected chi connectivity index (χ4v) is 3.14. The highest BCUT2D eigenvalue weighted by Gasteiger charge is 2.04. The van der Waals surface area contributed by atoms with Crippen LogP contribution in [0, 0.1) is 0 Å². The number of aliphatic hydroxyl groups is 2. The van der Waals surface area contributed by atoms with Crippen molar-refractivity contribution in [3.8, 4) is 0 Å². The number of imidazole rings is 1. The maximum atomic E-state index is 8.58. The van der Waals surface area contributed by atoms with Crippen molar-refractivity contribution < 1.29 is 62.1 Å². The van der Waals surface area contributed by atoms with Gasteiger partial charge in [-0.3, -0.25) is 0 Å². The number of hydrogen-bond acceptors (Lipinski definition) is 12. The molecular weight excluding hydrogens is 544 g/mol. The van der Waals surface area contributed by atoms with Gasteiger partial charge in [-0.2, -0.15) is 0 Å². The monoisotopic (exact) mass is 597 g/mol. The van der Waals surface area contributed by atoms with Crippen molar-refractivity contribution in [1.29, 1.82) is 0 Å². The van der Waals surface area contributed by atoms with Gasteiger partial charge in [0.05, 0.1) is 145 Å². The van der Waals surface area contributed by atoms with Crippen molar-refractivity contribution in [3.63, 3.8) is 0 Å². The summed E-state index contributed by atoms with van der Waals surface area (Å²) in [6.07, 6.45) is 6.07.